The molecule has 39 heavy (non-hydrogen) atoms. The number of anilines is 1. The number of fused-ring (bicyclic) bond motifs is 1. The smallest absolute Gasteiger partial charge is 0.352 e. The summed E-state index contributed by atoms with van der Waals surface area (Å²) in [7, 11) is 1.76. The maximum Gasteiger partial charge on any atom is 0.352 e. The summed E-state index contributed by atoms with van der Waals surface area (Å²) in [5, 5.41) is 32.8. The van der Waals surface area contributed by atoms with Gasteiger partial charge in [0.15, 0.2) is 0 Å². The molecule has 15 nitrogen and oxygen atoms in total. The van der Waals surface area contributed by atoms with Crippen LogP contribution >= 0.6 is 23.7 Å². The lowest BCUT2D eigenvalue weighted by Crippen LogP contribution is -2.70. The van der Waals surface area contributed by atoms with Crippen LogP contribution in [0.15, 0.2) is 46.0 Å². The van der Waals surface area contributed by atoms with E-state index in [2.05, 4.69) is 21.1 Å². The van der Waals surface area contributed by atoms with Crippen molar-refractivity contribution in [3.05, 3.63) is 41.1 Å². The number of rotatable bonds is 11. The van der Waals surface area contributed by atoms with E-state index in [1.54, 1.807) is 40.7 Å². The molecule has 1 aromatic rings. The summed E-state index contributed by atoms with van der Waals surface area (Å²) in [5.41, 5.74) is 6.90. The van der Waals surface area contributed by atoms with Gasteiger partial charge in [0.2, 0.25) is 11.8 Å². The fourth-order valence-corrected chi connectivity index (χ4v) is 6.32. The molecule has 0 bridgehead atoms. The molecule has 0 spiro atoms. The van der Waals surface area contributed by atoms with Gasteiger partial charge in [-0.3, -0.25) is 29.1 Å². The summed E-state index contributed by atoms with van der Waals surface area (Å²) in [6.45, 7) is 0.464. The Morgan fingerprint density at radius 3 is 2.51 bits per heavy atom. The zero-order chi connectivity index (χ0) is 28.3. The van der Waals surface area contributed by atoms with Gasteiger partial charge in [-0.15, -0.1) is 11.8 Å². The average Bonchev–Trinajstić information content (AvgIpc) is 3.31. The van der Waals surface area contributed by atoms with E-state index in [1.807, 2.05) is 0 Å². The van der Waals surface area contributed by atoms with Gasteiger partial charge in [0.05, 0.1) is 12.8 Å². The minimum atomic E-state index is -1.31. The van der Waals surface area contributed by atoms with Crippen molar-refractivity contribution in [1.29, 1.82) is 0 Å². The van der Waals surface area contributed by atoms with E-state index in [0.29, 0.717) is 35.0 Å². The van der Waals surface area contributed by atoms with Crippen LogP contribution in [0.25, 0.3) is 0 Å². The van der Waals surface area contributed by atoms with Gasteiger partial charge < -0.3 is 26.6 Å². The van der Waals surface area contributed by atoms with E-state index in [0.717, 1.165) is 0 Å². The molecule has 3 aliphatic heterocycles. The van der Waals surface area contributed by atoms with Gasteiger partial charge in [-0.05, 0) is 40.4 Å². The molecule has 3 atom stereocenters. The van der Waals surface area contributed by atoms with Gasteiger partial charge in [0.25, 0.3) is 5.91 Å². The molecule has 1 aromatic carbocycles. The van der Waals surface area contributed by atoms with E-state index in [-0.39, 0.29) is 18.5 Å². The molecule has 1 fully saturated rings. The van der Waals surface area contributed by atoms with Crippen molar-refractivity contribution in [1.82, 2.24) is 19.6 Å². The lowest BCUT2D eigenvalue weighted by atomic mass is 10.0. The Labute approximate surface area is 230 Å². The molecular formula is C22H26N8O7S2. The van der Waals surface area contributed by atoms with Gasteiger partial charge in [0, 0.05) is 24.2 Å². The van der Waals surface area contributed by atoms with Crippen LogP contribution in [0.3, 0.4) is 0 Å². The number of benzene rings is 1. The summed E-state index contributed by atoms with van der Waals surface area (Å²) in [5.74, 6) is -3.22. The van der Waals surface area contributed by atoms with Crippen molar-refractivity contribution in [3.63, 3.8) is 0 Å². The number of hydrogen-bond donors (Lipinski definition) is 5. The second kappa shape index (κ2) is 11.9. The molecule has 3 aliphatic rings. The SMILES string of the molecule is CN1CN(SCC2=C(C(=O)O)N3C(=O)[C@@H](NC(=O)Cc4ccc(NC(=O)C[C@@H](N)C(=O)O)cc4)[C@@H]3SC2)N=N1. The highest BCUT2D eigenvalue weighted by Crippen LogP contribution is 2.41. The molecule has 3 amide bonds. The second-order valence-corrected chi connectivity index (χ2v) is 11.0. The maximum absolute atomic E-state index is 12.9. The number of nitrogens with one attached hydrogen (secondary N) is 2. The number of hydrogen-bond acceptors (Lipinski definition) is 12. The van der Waals surface area contributed by atoms with E-state index in [4.69, 9.17) is 10.8 Å². The highest BCUT2D eigenvalue weighted by molar-refractivity contribution is 8.00. The molecule has 17 heteroatoms. The van der Waals surface area contributed by atoms with Crippen molar-refractivity contribution in [3.8, 4) is 0 Å². The molecule has 1 saturated heterocycles. The van der Waals surface area contributed by atoms with Crippen LogP contribution in [0.1, 0.15) is 12.0 Å². The summed E-state index contributed by atoms with van der Waals surface area (Å²) in [4.78, 5) is 61.4. The van der Waals surface area contributed by atoms with Crippen molar-refractivity contribution in [2.75, 3.05) is 30.5 Å². The van der Waals surface area contributed by atoms with E-state index >= 15 is 0 Å². The first kappa shape index (κ1) is 28.2. The Morgan fingerprint density at radius 1 is 1.18 bits per heavy atom. The van der Waals surface area contributed by atoms with E-state index in [9.17, 15) is 29.1 Å². The average molecular weight is 579 g/mol. The van der Waals surface area contributed by atoms with Gasteiger partial charge in [-0.2, -0.15) is 4.41 Å². The largest absolute Gasteiger partial charge is 0.480 e. The van der Waals surface area contributed by atoms with Gasteiger partial charge in [-0.1, -0.05) is 17.4 Å². The monoisotopic (exact) mass is 578 g/mol. The van der Waals surface area contributed by atoms with Crippen LogP contribution < -0.4 is 16.4 Å². The zero-order valence-corrected chi connectivity index (χ0v) is 22.3. The lowest BCUT2D eigenvalue weighted by Gasteiger charge is -2.49. The topological polar surface area (TPSA) is 210 Å². The van der Waals surface area contributed by atoms with Crippen molar-refractivity contribution in [2.24, 2.45) is 16.2 Å². The van der Waals surface area contributed by atoms with Crippen LogP contribution in [-0.4, -0.2) is 96.9 Å². The first-order valence-electron chi connectivity index (χ1n) is 11.6. The fraction of sp³-hybridized carbons (Fsp3) is 0.409. The summed E-state index contributed by atoms with van der Waals surface area (Å²) < 4.78 is 1.62. The second-order valence-electron chi connectivity index (χ2n) is 8.89. The van der Waals surface area contributed by atoms with E-state index < -0.39 is 47.1 Å². The summed E-state index contributed by atoms with van der Waals surface area (Å²) in [6, 6.07) is 4.20. The molecule has 3 heterocycles. The number of amides is 3. The predicted molar refractivity (Wildman–Crippen MR) is 140 cm³/mol. The fourth-order valence-electron chi connectivity index (χ4n) is 3.97. The minimum Gasteiger partial charge on any atom is -0.480 e. The molecule has 208 valence electrons. The third-order valence-electron chi connectivity index (χ3n) is 5.90. The third kappa shape index (κ3) is 6.61. The number of nitrogens with zero attached hydrogens (tertiary/aromatic N) is 5. The number of aliphatic carboxylic acids is 2. The first-order valence-corrected chi connectivity index (χ1v) is 13.6. The number of carboxylic acids is 2. The van der Waals surface area contributed by atoms with Crippen molar-refractivity contribution < 1.29 is 34.2 Å². The Hall–Kier alpha value is -3.83. The Bertz CT molecular complexity index is 1240. The number of carbonyl (C=O) groups is 5. The quantitative estimate of drug-likeness (QED) is 0.171. The molecule has 0 radical (unpaired) electrons. The molecular weight excluding hydrogens is 552 g/mol. The number of carbonyl (C=O) groups excluding carboxylic acids is 3. The lowest BCUT2D eigenvalue weighted by molar-refractivity contribution is -0.150. The molecule has 0 saturated carbocycles. The molecule has 4 rings (SSSR count). The molecule has 0 aromatic heterocycles. The Kier molecular flexibility index (Phi) is 8.61. The van der Waals surface area contributed by atoms with Crippen LogP contribution in [0, 0.1) is 0 Å². The van der Waals surface area contributed by atoms with Crippen LogP contribution in [0.4, 0.5) is 5.69 Å². The van der Waals surface area contributed by atoms with Crippen molar-refractivity contribution >= 4 is 59.1 Å². The zero-order valence-electron chi connectivity index (χ0n) is 20.6. The van der Waals surface area contributed by atoms with Crippen molar-refractivity contribution in [2.45, 2.75) is 30.3 Å². The van der Waals surface area contributed by atoms with Crippen LogP contribution in [-0.2, 0) is 30.4 Å². The Morgan fingerprint density at radius 2 is 1.90 bits per heavy atom. The van der Waals surface area contributed by atoms with E-state index in [1.165, 1.54) is 28.6 Å². The molecule has 6 N–H and O–H groups in total. The molecule has 0 unspecified atom stereocenters. The first-order chi connectivity index (χ1) is 18.5. The standard InChI is InChI=1S/C22H26N8O7S2/c1-28-10-29(27-26-28)39-9-12-8-38-20-17(19(33)30(20)18(12)22(36)37)25-15(31)6-11-2-4-13(5-3-11)24-16(32)7-14(23)21(34)35/h2-5,14,17,20H,6-10,23H2,1H3,(H,24,32)(H,25,31)(H,34,35)(H,36,37)/t14-,17-,20+/m1/s1. The summed E-state index contributed by atoms with van der Waals surface area (Å²) >= 11 is 2.69. The number of thioether (sulfide) groups is 1. The summed E-state index contributed by atoms with van der Waals surface area (Å²) in [6.07, 6.45) is -0.423. The van der Waals surface area contributed by atoms with Gasteiger partial charge in [0.1, 0.15) is 29.8 Å². The third-order valence-corrected chi connectivity index (χ3v) is 8.20. The number of nitrogens with two attached hydrogens (primary N) is 1. The number of carboxylic acid groups (broad SMARTS) is 2. The normalized spacial score (nSPS) is 20.9. The maximum atomic E-state index is 12.9. The molecule has 0 aliphatic carbocycles. The minimum absolute atomic E-state index is 0.0400. The van der Waals surface area contributed by atoms with Crippen LogP contribution in [0.2, 0.25) is 0 Å². The van der Waals surface area contributed by atoms with Gasteiger partial charge >= 0.3 is 11.9 Å². The highest BCUT2D eigenvalue weighted by Gasteiger charge is 2.54. The van der Waals surface area contributed by atoms with Gasteiger partial charge in [-0.25, -0.2) is 4.79 Å². The highest BCUT2D eigenvalue weighted by atomic mass is 32.2. The Balaban J connectivity index is 1.30. The van der Waals surface area contributed by atoms with Crippen LogP contribution in [0.5, 0.6) is 0 Å². The predicted octanol–water partition coefficient (Wildman–Crippen LogP) is -0.156. The number of β-lactam (4-membered cyclic amide) rings is 1.